The third-order valence-electron chi connectivity index (χ3n) is 5.33. The van der Waals surface area contributed by atoms with Gasteiger partial charge in [0.25, 0.3) is 11.5 Å². The number of furan rings is 2. The van der Waals surface area contributed by atoms with Gasteiger partial charge in [-0.3, -0.25) is 14.5 Å². The lowest BCUT2D eigenvalue weighted by Crippen LogP contribution is -2.36. The van der Waals surface area contributed by atoms with Crippen LogP contribution < -0.4 is 5.56 Å². The van der Waals surface area contributed by atoms with Crippen LogP contribution in [0, 0.1) is 0 Å². The largest absolute Gasteiger partial charge is 0.467 e. The normalized spacial score (nSPS) is 16.1. The van der Waals surface area contributed by atoms with Crippen LogP contribution in [0.5, 0.6) is 0 Å². The zero-order chi connectivity index (χ0) is 22.1. The molecule has 1 atom stereocenters. The summed E-state index contributed by atoms with van der Waals surface area (Å²) in [5, 5.41) is 6.51. The molecular formula is C23H21N5O4. The number of hydrazone groups is 1. The van der Waals surface area contributed by atoms with E-state index in [2.05, 4.69) is 15.1 Å². The van der Waals surface area contributed by atoms with Crippen molar-refractivity contribution in [2.75, 3.05) is 13.6 Å². The minimum Gasteiger partial charge on any atom is -0.467 e. The SMILES string of the molecule is CN(CC(=O)N1N=C(c2ccco2)CC1c1ccco1)Cc1nc2ccccc2c(=O)[nH]1. The predicted octanol–water partition coefficient (Wildman–Crippen LogP) is 2.92. The minimum atomic E-state index is -0.343. The molecule has 0 bridgehead atoms. The van der Waals surface area contributed by atoms with E-state index >= 15 is 0 Å². The molecule has 1 amide bonds. The summed E-state index contributed by atoms with van der Waals surface area (Å²) in [6.45, 7) is 0.391. The molecular weight excluding hydrogens is 410 g/mol. The van der Waals surface area contributed by atoms with E-state index in [0.717, 1.165) is 0 Å². The van der Waals surface area contributed by atoms with Gasteiger partial charge in [0.2, 0.25) is 0 Å². The number of amides is 1. The Hall–Kier alpha value is -3.98. The maximum Gasteiger partial charge on any atom is 0.258 e. The van der Waals surface area contributed by atoms with E-state index < -0.39 is 0 Å². The summed E-state index contributed by atoms with van der Waals surface area (Å²) in [5.41, 5.74) is 1.11. The molecule has 1 unspecified atom stereocenters. The number of para-hydroxylation sites is 1. The number of carbonyl (C=O) groups is 1. The second-order valence-electron chi connectivity index (χ2n) is 7.70. The fourth-order valence-corrected chi connectivity index (χ4v) is 3.86. The van der Waals surface area contributed by atoms with Gasteiger partial charge >= 0.3 is 0 Å². The molecule has 0 saturated heterocycles. The van der Waals surface area contributed by atoms with Gasteiger partial charge < -0.3 is 13.8 Å². The van der Waals surface area contributed by atoms with Gasteiger partial charge in [-0.15, -0.1) is 0 Å². The summed E-state index contributed by atoms with van der Waals surface area (Å²) in [6, 6.07) is 14.0. The number of hydrogen-bond acceptors (Lipinski definition) is 7. The van der Waals surface area contributed by atoms with Crippen molar-refractivity contribution in [2.45, 2.75) is 19.0 Å². The summed E-state index contributed by atoms with van der Waals surface area (Å²) >= 11 is 0. The van der Waals surface area contributed by atoms with E-state index in [9.17, 15) is 9.59 Å². The maximum absolute atomic E-state index is 13.2. The fraction of sp³-hybridized carbons (Fsp3) is 0.217. The molecule has 3 aromatic heterocycles. The molecule has 9 nitrogen and oxygen atoms in total. The molecule has 1 aliphatic heterocycles. The molecule has 5 rings (SSSR count). The zero-order valence-corrected chi connectivity index (χ0v) is 17.4. The average molecular weight is 431 g/mol. The standard InChI is InChI=1S/C23H21N5O4/c1-27(13-21-24-16-7-3-2-6-15(16)23(30)25-21)14-22(29)28-18(20-9-5-11-32-20)12-17(26-28)19-8-4-10-31-19/h2-11,18H,12-14H2,1H3,(H,24,25,30). The zero-order valence-electron chi connectivity index (χ0n) is 17.4. The Morgan fingerprint density at radius 3 is 2.75 bits per heavy atom. The topological polar surface area (TPSA) is 108 Å². The summed E-state index contributed by atoms with van der Waals surface area (Å²) in [5.74, 6) is 1.58. The first-order valence-corrected chi connectivity index (χ1v) is 10.2. The highest BCUT2D eigenvalue weighted by Gasteiger charge is 2.35. The van der Waals surface area contributed by atoms with Crippen molar-refractivity contribution >= 4 is 22.5 Å². The van der Waals surface area contributed by atoms with E-state index in [-0.39, 0.29) is 24.1 Å². The third-order valence-corrected chi connectivity index (χ3v) is 5.33. The van der Waals surface area contributed by atoms with Crippen LogP contribution in [0.3, 0.4) is 0 Å². The quantitative estimate of drug-likeness (QED) is 0.503. The highest BCUT2D eigenvalue weighted by molar-refractivity contribution is 6.01. The van der Waals surface area contributed by atoms with Crippen LogP contribution in [0.1, 0.15) is 29.8 Å². The van der Waals surface area contributed by atoms with Gasteiger partial charge in [0.1, 0.15) is 29.1 Å². The second-order valence-corrected chi connectivity index (χ2v) is 7.70. The molecule has 9 heteroatoms. The average Bonchev–Trinajstić information content (AvgIpc) is 3.54. The summed E-state index contributed by atoms with van der Waals surface area (Å²) in [6.07, 6.45) is 3.65. The van der Waals surface area contributed by atoms with Crippen molar-refractivity contribution in [2.24, 2.45) is 5.10 Å². The smallest absolute Gasteiger partial charge is 0.258 e. The van der Waals surface area contributed by atoms with Gasteiger partial charge in [0.05, 0.1) is 36.5 Å². The first kappa shape index (κ1) is 20.0. The lowest BCUT2D eigenvalue weighted by Gasteiger charge is -2.23. The first-order chi connectivity index (χ1) is 15.6. The van der Waals surface area contributed by atoms with Gasteiger partial charge in [-0.25, -0.2) is 9.99 Å². The Balaban J connectivity index is 1.34. The molecule has 0 radical (unpaired) electrons. The number of nitrogens with zero attached hydrogens (tertiary/aromatic N) is 4. The lowest BCUT2D eigenvalue weighted by atomic mass is 10.1. The minimum absolute atomic E-state index is 0.0860. The Morgan fingerprint density at radius 1 is 1.16 bits per heavy atom. The number of carbonyl (C=O) groups excluding carboxylic acids is 1. The van der Waals surface area contributed by atoms with Crippen LogP contribution >= 0.6 is 0 Å². The van der Waals surface area contributed by atoms with Crippen molar-refractivity contribution in [3.8, 4) is 0 Å². The van der Waals surface area contributed by atoms with Crippen molar-refractivity contribution < 1.29 is 13.6 Å². The molecule has 1 N–H and O–H groups in total. The molecule has 4 aromatic rings. The lowest BCUT2D eigenvalue weighted by molar-refractivity contribution is -0.134. The van der Waals surface area contributed by atoms with Gasteiger partial charge in [0, 0.05) is 6.42 Å². The fourth-order valence-electron chi connectivity index (χ4n) is 3.86. The molecule has 1 aliphatic rings. The predicted molar refractivity (Wildman–Crippen MR) is 117 cm³/mol. The van der Waals surface area contributed by atoms with Gasteiger partial charge in [0.15, 0.2) is 0 Å². The molecule has 0 spiro atoms. The summed E-state index contributed by atoms with van der Waals surface area (Å²) in [4.78, 5) is 34.6. The highest BCUT2D eigenvalue weighted by Crippen LogP contribution is 2.33. The summed E-state index contributed by atoms with van der Waals surface area (Å²) in [7, 11) is 1.79. The van der Waals surface area contributed by atoms with Crippen LogP contribution in [-0.2, 0) is 11.3 Å². The van der Waals surface area contributed by atoms with Crippen molar-refractivity contribution in [3.63, 3.8) is 0 Å². The molecule has 0 aliphatic carbocycles. The number of rotatable bonds is 6. The maximum atomic E-state index is 13.2. The van der Waals surface area contributed by atoms with E-state index in [1.54, 1.807) is 54.8 Å². The van der Waals surface area contributed by atoms with Crippen molar-refractivity contribution in [3.05, 3.63) is 88.8 Å². The number of likely N-dealkylation sites (N-methyl/N-ethyl adjacent to an activating group) is 1. The number of fused-ring (bicyclic) bond motifs is 1. The molecule has 0 saturated carbocycles. The number of H-pyrrole nitrogens is 1. The Labute approximate surface area is 183 Å². The van der Waals surface area contributed by atoms with Crippen molar-refractivity contribution in [1.29, 1.82) is 0 Å². The van der Waals surface area contributed by atoms with Crippen molar-refractivity contribution in [1.82, 2.24) is 19.9 Å². The van der Waals surface area contributed by atoms with Crippen LogP contribution in [-0.4, -0.2) is 45.1 Å². The van der Waals surface area contributed by atoms with Gasteiger partial charge in [-0.1, -0.05) is 12.1 Å². The van der Waals surface area contributed by atoms with Crippen LogP contribution in [0.15, 0.2) is 79.8 Å². The molecule has 4 heterocycles. The number of aromatic nitrogens is 2. The number of nitrogens with one attached hydrogen (secondary N) is 1. The number of benzene rings is 1. The number of hydrogen-bond donors (Lipinski definition) is 1. The molecule has 1 aromatic carbocycles. The Kier molecular flexibility index (Phi) is 5.16. The monoisotopic (exact) mass is 431 g/mol. The molecule has 162 valence electrons. The Morgan fingerprint density at radius 2 is 1.97 bits per heavy atom. The second kappa shape index (κ2) is 8.27. The van der Waals surface area contributed by atoms with Crippen LogP contribution in [0.2, 0.25) is 0 Å². The van der Waals surface area contributed by atoms with Gasteiger partial charge in [-0.2, -0.15) is 5.10 Å². The van der Waals surface area contributed by atoms with E-state index in [1.807, 2.05) is 18.2 Å². The highest BCUT2D eigenvalue weighted by atomic mass is 16.3. The van der Waals surface area contributed by atoms with E-state index in [1.165, 1.54) is 5.01 Å². The van der Waals surface area contributed by atoms with Crippen LogP contribution in [0.4, 0.5) is 0 Å². The number of aromatic amines is 1. The Bertz CT molecular complexity index is 1320. The van der Waals surface area contributed by atoms with Crippen LogP contribution in [0.25, 0.3) is 10.9 Å². The molecule has 32 heavy (non-hydrogen) atoms. The van der Waals surface area contributed by atoms with Gasteiger partial charge in [-0.05, 0) is 43.4 Å². The third kappa shape index (κ3) is 3.85. The van der Waals surface area contributed by atoms with E-state index in [4.69, 9.17) is 8.83 Å². The first-order valence-electron chi connectivity index (χ1n) is 10.2. The van der Waals surface area contributed by atoms with E-state index in [0.29, 0.717) is 46.9 Å². The summed E-state index contributed by atoms with van der Waals surface area (Å²) < 4.78 is 11.0. The molecule has 0 fully saturated rings.